The number of rotatable bonds is 6. The van der Waals surface area contributed by atoms with Crippen LogP contribution in [-0.2, 0) is 16.1 Å². The summed E-state index contributed by atoms with van der Waals surface area (Å²) in [5, 5.41) is 4.80. The first-order chi connectivity index (χ1) is 12.5. The summed E-state index contributed by atoms with van der Waals surface area (Å²) >= 11 is 1.50. The van der Waals surface area contributed by atoms with Crippen LogP contribution in [0.4, 0.5) is 0 Å². The largest absolute Gasteiger partial charge is 0.379 e. The van der Waals surface area contributed by atoms with E-state index in [1.165, 1.54) is 17.5 Å². The number of H-pyrrole nitrogens is 1. The van der Waals surface area contributed by atoms with Gasteiger partial charge in [-0.1, -0.05) is 13.8 Å². The molecule has 1 saturated heterocycles. The monoisotopic (exact) mass is 378 g/mol. The van der Waals surface area contributed by atoms with Crippen molar-refractivity contribution >= 4 is 17.2 Å². The predicted octanol–water partition coefficient (Wildman–Crippen LogP) is 1.45. The summed E-state index contributed by atoms with van der Waals surface area (Å²) in [5.41, 5.74) is 2.15. The van der Waals surface area contributed by atoms with Gasteiger partial charge in [-0.15, -0.1) is 11.3 Å². The summed E-state index contributed by atoms with van der Waals surface area (Å²) in [7, 11) is 0. The van der Waals surface area contributed by atoms with Crippen LogP contribution in [0.25, 0.3) is 0 Å². The predicted molar refractivity (Wildman–Crippen MR) is 96.3 cm³/mol. The first kappa shape index (κ1) is 18.7. The molecule has 3 heterocycles. The maximum absolute atomic E-state index is 12.5. The summed E-state index contributed by atoms with van der Waals surface area (Å²) < 4.78 is 11.3. The fraction of sp³-hybridized carbons (Fsp3) is 0.529. The van der Waals surface area contributed by atoms with Crippen LogP contribution >= 0.6 is 11.3 Å². The zero-order valence-corrected chi connectivity index (χ0v) is 15.5. The number of carbonyl (C=O) groups excluding carboxylic acids is 1. The molecule has 8 nitrogen and oxygen atoms in total. The Bertz CT molecular complexity index is 790. The van der Waals surface area contributed by atoms with Gasteiger partial charge in [-0.3, -0.25) is 9.59 Å². The zero-order valence-electron chi connectivity index (χ0n) is 14.7. The van der Waals surface area contributed by atoms with Gasteiger partial charge >= 0.3 is 0 Å². The Morgan fingerprint density at radius 1 is 1.50 bits per heavy atom. The molecule has 2 aromatic heterocycles. The van der Waals surface area contributed by atoms with Crippen LogP contribution in [-0.4, -0.2) is 46.2 Å². The van der Waals surface area contributed by atoms with E-state index in [4.69, 9.17) is 9.47 Å². The van der Waals surface area contributed by atoms with Crippen LogP contribution in [0.2, 0.25) is 0 Å². The number of amides is 1. The molecule has 1 amide bonds. The Labute approximate surface area is 155 Å². The lowest BCUT2D eigenvalue weighted by Gasteiger charge is -2.31. The first-order valence-corrected chi connectivity index (χ1v) is 9.45. The highest BCUT2D eigenvalue weighted by molar-refractivity contribution is 7.07. The van der Waals surface area contributed by atoms with E-state index < -0.39 is 11.5 Å². The second-order valence-electron chi connectivity index (χ2n) is 6.44. The molecule has 1 fully saturated rings. The van der Waals surface area contributed by atoms with Gasteiger partial charge in [0.05, 0.1) is 30.5 Å². The maximum Gasteiger partial charge on any atom is 0.263 e. The molecular weight excluding hydrogens is 356 g/mol. The van der Waals surface area contributed by atoms with Crippen molar-refractivity contribution in [1.29, 1.82) is 0 Å². The molecule has 2 N–H and O–H groups in total. The molecule has 26 heavy (non-hydrogen) atoms. The van der Waals surface area contributed by atoms with Gasteiger partial charge in [0.1, 0.15) is 17.5 Å². The van der Waals surface area contributed by atoms with Crippen molar-refractivity contribution < 1.29 is 14.3 Å². The van der Waals surface area contributed by atoms with Crippen molar-refractivity contribution in [3.63, 3.8) is 0 Å². The SMILES string of the molecule is CC(C)c1ncc(C(=O)NC2CCOCC2OCc2cscn2)c(=O)[nH]1. The van der Waals surface area contributed by atoms with Gasteiger partial charge < -0.3 is 19.8 Å². The van der Waals surface area contributed by atoms with E-state index in [2.05, 4.69) is 20.3 Å². The standard InChI is InChI=1S/C17H22N4O4S/c1-10(2)15-18-5-12(17(23)21-15)16(22)20-13-3-4-24-7-14(13)25-6-11-8-26-9-19-11/h5,8-10,13-14H,3-4,6-7H2,1-2H3,(H,20,22)(H,18,21,23). The van der Waals surface area contributed by atoms with Crippen molar-refractivity contribution in [2.75, 3.05) is 13.2 Å². The molecule has 2 aromatic rings. The van der Waals surface area contributed by atoms with Gasteiger partial charge in [0.2, 0.25) is 0 Å². The van der Waals surface area contributed by atoms with E-state index in [1.807, 2.05) is 19.2 Å². The van der Waals surface area contributed by atoms with Crippen molar-refractivity contribution in [2.45, 2.75) is 44.9 Å². The van der Waals surface area contributed by atoms with E-state index in [1.54, 1.807) is 5.51 Å². The molecule has 0 saturated carbocycles. The normalized spacial score (nSPS) is 20.3. The lowest BCUT2D eigenvalue weighted by atomic mass is 10.1. The van der Waals surface area contributed by atoms with Crippen LogP contribution < -0.4 is 10.9 Å². The first-order valence-electron chi connectivity index (χ1n) is 8.51. The molecule has 0 bridgehead atoms. The molecule has 1 aliphatic heterocycles. The van der Waals surface area contributed by atoms with E-state index in [9.17, 15) is 9.59 Å². The Morgan fingerprint density at radius 2 is 2.35 bits per heavy atom. The smallest absolute Gasteiger partial charge is 0.263 e. The number of thiazole rings is 1. The lowest BCUT2D eigenvalue weighted by molar-refractivity contribution is -0.0742. The molecule has 0 spiro atoms. The molecule has 2 atom stereocenters. The average molecular weight is 378 g/mol. The maximum atomic E-state index is 12.5. The number of aromatic amines is 1. The van der Waals surface area contributed by atoms with Crippen LogP contribution in [0.5, 0.6) is 0 Å². The highest BCUT2D eigenvalue weighted by Crippen LogP contribution is 2.15. The quantitative estimate of drug-likeness (QED) is 0.788. The van der Waals surface area contributed by atoms with Gasteiger partial charge in [-0.25, -0.2) is 9.97 Å². The van der Waals surface area contributed by atoms with Crippen LogP contribution in [0, 0.1) is 0 Å². The van der Waals surface area contributed by atoms with Crippen LogP contribution in [0.1, 0.15) is 48.1 Å². The third kappa shape index (κ3) is 4.54. The number of nitrogens with one attached hydrogen (secondary N) is 2. The van der Waals surface area contributed by atoms with Crippen molar-refractivity contribution in [2.24, 2.45) is 0 Å². The summed E-state index contributed by atoms with van der Waals surface area (Å²) in [6.45, 7) is 5.11. The molecule has 0 aliphatic carbocycles. The number of nitrogens with zero attached hydrogens (tertiary/aromatic N) is 2. The molecule has 140 valence electrons. The minimum absolute atomic E-state index is 0.000793. The molecule has 0 radical (unpaired) electrons. The van der Waals surface area contributed by atoms with Gasteiger partial charge in [0.25, 0.3) is 11.5 Å². The Morgan fingerprint density at radius 3 is 3.04 bits per heavy atom. The highest BCUT2D eigenvalue weighted by Gasteiger charge is 2.29. The third-order valence-corrected chi connectivity index (χ3v) is 4.80. The fourth-order valence-corrected chi connectivity index (χ4v) is 3.20. The highest BCUT2D eigenvalue weighted by atomic mass is 32.1. The van der Waals surface area contributed by atoms with Gasteiger partial charge in [0, 0.05) is 24.1 Å². The Kier molecular flexibility index (Phi) is 6.12. The van der Waals surface area contributed by atoms with E-state index in [-0.39, 0.29) is 23.6 Å². The second-order valence-corrected chi connectivity index (χ2v) is 7.16. The van der Waals surface area contributed by atoms with Gasteiger partial charge in [-0.2, -0.15) is 0 Å². The van der Waals surface area contributed by atoms with E-state index in [0.717, 1.165) is 5.69 Å². The van der Waals surface area contributed by atoms with Crippen molar-refractivity contribution in [1.82, 2.24) is 20.3 Å². The molecule has 9 heteroatoms. The zero-order chi connectivity index (χ0) is 18.5. The van der Waals surface area contributed by atoms with Crippen molar-refractivity contribution in [3.05, 3.63) is 44.5 Å². The topological polar surface area (TPSA) is 106 Å². The van der Waals surface area contributed by atoms with E-state index in [0.29, 0.717) is 32.1 Å². The number of carbonyl (C=O) groups is 1. The third-order valence-electron chi connectivity index (χ3n) is 4.16. The van der Waals surface area contributed by atoms with E-state index >= 15 is 0 Å². The van der Waals surface area contributed by atoms with Crippen LogP contribution in [0.3, 0.4) is 0 Å². The van der Waals surface area contributed by atoms with Crippen molar-refractivity contribution in [3.8, 4) is 0 Å². The van der Waals surface area contributed by atoms with Gasteiger partial charge in [0.15, 0.2) is 0 Å². The Balaban J connectivity index is 1.65. The number of ether oxygens (including phenoxy) is 2. The summed E-state index contributed by atoms with van der Waals surface area (Å²) in [5.74, 6) is 0.184. The summed E-state index contributed by atoms with van der Waals surface area (Å²) in [4.78, 5) is 35.7. The molecular formula is C17H22N4O4S. The summed E-state index contributed by atoms with van der Waals surface area (Å²) in [6.07, 6.45) is 1.65. The second kappa shape index (κ2) is 8.52. The summed E-state index contributed by atoms with van der Waals surface area (Å²) in [6, 6.07) is -0.237. The fourth-order valence-electron chi connectivity index (χ4n) is 2.65. The molecule has 1 aliphatic rings. The minimum atomic E-state index is -0.455. The molecule has 2 unspecified atom stereocenters. The van der Waals surface area contributed by atoms with Crippen LogP contribution in [0.15, 0.2) is 21.9 Å². The number of hydrogen-bond donors (Lipinski definition) is 2. The number of hydrogen-bond acceptors (Lipinski definition) is 7. The molecule has 3 rings (SSSR count). The average Bonchev–Trinajstić information content (AvgIpc) is 3.14. The Hall–Kier alpha value is -2.10. The van der Waals surface area contributed by atoms with Gasteiger partial charge in [-0.05, 0) is 6.42 Å². The molecule has 0 aromatic carbocycles. The lowest BCUT2D eigenvalue weighted by Crippen LogP contribution is -2.50. The minimum Gasteiger partial charge on any atom is -0.379 e. The number of aromatic nitrogens is 3.